The van der Waals surface area contributed by atoms with Crippen molar-refractivity contribution in [2.75, 3.05) is 12.4 Å². The molecule has 13 heavy (non-hydrogen) atoms. The first kappa shape index (κ1) is 10.7. The van der Waals surface area contributed by atoms with Crippen LogP contribution in [0.15, 0.2) is 11.1 Å². The fraction of sp³-hybridized carbons (Fsp3) is 0.778. The molecule has 0 saturated heterocycles. The van der Waals surface area contributed by atoms with Crippen molar-refractivity contribution in [2.45, 2.75) is 33.1 Å². The first-order valence-electron chi connectivity index (χ1n) is 4.66. The number of rotatable bonds is 2. The summed E-state index contributed by atoms with van der Waals surface area (Å²) in [5.41, 5.74) is 2.29. The molecule has 0 saturated carbocycles. The first-order chi connectivity index (χ1) is 6.09. The quantitative estimate of drug-likeness (QED) is 0.509. The van der Waals surface area contributed by atoms with Crippen LogP contribution in [-0.2, 0) is 14.3 Å². The molecule has 0 atom stereocenters. The normalized spacial score (nSPS) is 22.9. The van der Waals surface area contributed by atoms with Crippen molar-refractivity contribution in [3.63, 3.8) is 0 Å². The third kappa shape index (κ3) is 2.81. The van der Waals surface area contributed by atoms with Crippen LogP contribution in [0, 0.1) is 0 Å². The van der Waals surface area contributed by atoms with E-state index >= 15 is 0 Å². The van der Waals surface area contributed by atoms with Gasteiger partial charge in [0.25, 0.3) is 10.1 Å². The van der Waals surface area contributed by atoms with Crippen LogP contribution >= 0.6 is 0 Å². The van der Waals surface area contributed by atoms with Gasteiger partial charge < -0.3 is 0 Å². The van der Waals surface area contributed by atoms with Crippen LogP contribution in [0.1, 0.15) is 33.1 Å². The minimum Gasteiger partial charge on any atom is -0.270 e. The summed E-state index contributed by atoms with van der Waals surface area (Å²) >= 11 is 0. The van der Waals surface area contributed by atoms with Crippen molar-refractivity contribution in [2.24, 2.45) is 0 Å². The van der Waals surface area contributed by atoms with Crippen molar-refractivity contribution in [1.29, 1.82) is 0 Å². The lowest BCUT2D eigenvalue weighted by Gasteiger charge is -2.06. The van der Waals surface area contributed by atoms with Crippen LogP contribution < -0.4 is 0 Å². The molecule has 0 amide bonds. The van der Waals surface area contributed by atoms with Gasteiger partial charge in [-0.05, 0) is 19.3 Å². The summed E-state index contributed by atoms with van der Waals surface area (Å²) in [5.74, 6) is 0.0900. The molecule has 1 rings (SSSR count). The van der Waals surface area contributed by atoms with Crippen molar-refractivity contribution in [3.8, 4) is 0 Å². The summed E-state index contributed by atoms with van der Waals surface area (Å²) in [6.07, 6.45) is 2.51. The van der Waals surface area contributed by atoms with Gasteiger partial charge in [-0.15, -0.1) is 0 Å². The maximum Gasteiger partial charge on any atom is 0.271 e. The minimum absolute atomic E-state index is 0.0900. The molecule has 0 N–H and O–H groups in total. The summed E-state index contributed by atoms with van der Waals surface area (Å²) < 4.78 is 27.3. The fourth-order valence-corrected chi connectivity index (χ4v) is 2.86. The van der Waals surface area contributed by atoms with Crippen molar-refractivity contribution < 1.29 is 12.6 Å². The molecule has 0 aliphatic carbocycles. The summed E-state index contributed by atoms with van der Waals surface area (Å²) in [6, 6.07) is 0. The zero-order valence-corrected chi connectivity index (χ0v) is 8.99. The second kappa shape index (κ2) is 4.24. The van der Waals surface area contributed by atoms with Crippen LogP contribution in [0.3, 0.4) is 0 Å². The van der Waals surface area contributed by atoms with Crippen molar-refractivity contribution >= 4 is 10.1 Å². The Morgan fingerprint density at radius 2 is 1.85 bits per heavy atom. The highest BCUT2D eigenvalue weighted by Crippen LogP contribution is 2.22. The van der Waals surface area contributed by atoms with Gasteiger partial charge in [0.1, 0.15) is 0 Å². The highest BCUT2D eigenvalue weighted by atomic mass is 32.2. The molecule has 0 aromatic heterocycles. The van der Waals surface area contributed by atoms with E-state index in [1.165, 1.54) is 5.57 Å². The Hall–Kier alpha value is -0.350. The highest BCUT2D eigenvalue weighted by molar-refractivity contribution is 7.86. The van der Waals surface area contributed by atoms with Crippen molar-refractivity contribution in [3.05, 3.63) is 11.1 Å². The Labute approximate surface area is 79.9 Å². The highest BCUT2D eigenvalue weighted by Gasteiger charge is 2.19. The fourth-order valence-electron chi connectivity index (χ4n) is 1.60. The minimum atomic E-state index is -3.28. The molecule has 0 aromatic carbocycles. The molecule has 0 unspecified atom stereocenters. The van der Waals surface area contributed by atoms with Crippen LogP contribution in [0.5, 0.6) is 0 Å². The molecule has 0 radical (unpaired) electrons. The smallest absolute Gasteiger partial charge is 0.270 e. The van der Waals surface area contributed by atoms with Gasteiger partial charge in [-0.3, -0.25) is 4.18 Å². The van der Waals surface area contributed by atoms with E-state index in [0.29, 0.717) is 6.61 Å². The topological polar surface area (TPSA) is 43.4 Å². The number of hydrogen-bond donors (Lipinski definition) is 0. The molecule has 1 aliphatic heterocycles. The monoisotopic (exact) mass is 204 g/mol. The van der Waals surface area contributed by atoms with E-state index in [9.17, 15) is 8.42 Å². The largest absolute Gasteiger partial charge is 0.271 e. The summed E-state index contributed by atoms with van der Waals surface area (Å²) in [4.78, 5) is 0. The summed E-state index contributed by atoms with van der Waals surface area (Å²) in [6.45, 7) is 4.36. The third-order valence-electron chi connectivity index (χ3n) is 2.37. The average molecular weight is 204 g/mol. The van der Waals surface area contributed by atoms with E-state index in [4.69, 9.17) is 4.18 Å². The summed E-state index contributed by atoms with van der Waals surface area (Å²) in [5, 5.41) is 0. The predicted octanol–water partition coefficient (Wildman–Crippen LogP) is 1.85. The van der Waals surface area contributed by atoms with Gasteiger partial charge >= 0.3 is 0 Å². The van der Waals surface area contributed by atoms with Crippen LogP contribution in [0.25, 0.3) is 0 Å². The van der Waals surface area contributed by atoms with E-state index < -0.39 is 10.1 Å². The van der Waals surface area contributed by atoms with Crippen LogP contribution in [0.2, 0.25) is 0 Å². The Kier molecular flexibility index (Phi) is 3.50. The van der Waals surface area contributed by atoms with E-state index in [1.54, 1.807) is 0 Å². The van der Waals surface area contributed by atoms with Gasteiger partial charge in [0.15, 0.2) is 0 Å². The van der Waals surface area contributed by atoms with Crippen LogP contribution in [0.4, 0.5) is 0 Å². The Balaban J connectivity index is 2.95. The molecule has 0 aromatic rings. The molecule has 0 fully saturated rings. The van der Waals surface area contributed by atoms with E-state index in [-0.39, 0.29) is 5.75 Å². The lowest BCUT2D eigenvalue weighted by molar-refractivity contribution is 0.326. The molecule has 1 heterocycles. The average Bonchev–Trinajstić information content (AvgIpc) is 2.22. The Morgan fingerprint density at radius 1 is 1.23 bits per heavy atom. The molecule has 0 spiro atoms. The maximum absolute atomic E-state index is 11.2. The van der Waals surface area contributed by atoms with Gasteiger partial charge in [0.2, 0.25) is 0 Å². The van der Waals surface area contributed by atoms with E-state index in [0.717, 1.165) is 24.8 Å². The molecular formula is C9H16O3S. The van der Waals surface area contributed by atoms with Crippen molar-refractivity contribution in [1.82, 2.24) is 0 Å². The molecule has 76 valence electrons. The Bertz CT molecular complexity index is 301. The van der Waals surface area contributed by atoms with E-state index in [1.807, 2.05) is 6.92 Å². The standard InChI is InChI=1S/C9H16O3S/c1-3-8-5-6-12-13(10,11)7-9(8)4-2/h3-7H2,1-2H3. The first-order valence-corrected chi connectivity index (χ1v) is 6.23. The van der Waals surface area contributed by atoms with Gasteiger partial charge in [-0.1, -0.05) is 25.0 Å². The molecule has 3 nitrogen and oxygen atoms in total. The lowest BCUT2D eigenvalue weighted by atomic mass is 10.0. The molecule has 1 aliphatic rings. The third-order valence-corrected chi connectivity index (χ3v) is 3.60. The van der Waals surface area contributed by atoms with Gasteiger partial charge in [0, 0.05) is 0 Å². The molecular weight excluding hydrogens is 188 g/mol. The van der Waals surface area contributed by atoms with Gasteiger partial charge in [0.05, 0.1) is 12.4 Å². The lowest BCUT2D eigenvalue weighted by Crippen LogP contribution is -2.10. The maximum atomic E-state index is 11.2. The zero-order chi connectivity index (χ0) is 9.90. The Morgan fingerprint density at radius 3 is 2.38 bits per heavy atom. The summed E-state index contributed by atoms with van der Waals surface area (Å²) in [7, 11) is -3.28. The predicted molar refractivity (Wildman–Crippen MR) is 52.0 cm³/mol. The number of hydrogen-bond acceptors (Lipinski definition) is 3. The van der Waals surface area contributed by atoms with Gasteiger partial charge in [-0.25, -0.2) is 0 Å². The van der Waals surface area contributed by atoms with Crippen LogP contribution in [-0.4, -0.2) is 20.8 Å². The SMILES string of the molecule is CCC1=C(CC)CS(=O)(=O)OCC1. The van der Waals surface area contributed by atoms with E-state index in [2.05, 4.69) is 6.92 Å². The molecule has 0 bridgehead atoms. The zero-order valence-electron chi connectivity index (χ0n) is 8.17. The van der Waals surface area contributed by atoms with Gasteiger partial charge in [-0.2, -0.15) is 8.42 Å². The molecule has 4 heteroatoms. The second-order valence-corrected chi connectivity index (χ2v) is 4.83. The second-order valence-electron chi connectivity index (χ2n) is 3.19.